The third kappa shape index (κ3) is 5.23. The van der Waals surface area contributed by atoms with Gasteiger partial charge in [-0.1, -0.05) is 30.3 Å². The number of rotatable bonds is 5. The van der Waals surface area contributed by atoms with E-state index in [1.54, 1.807) is 4.90 Å². The third-order valence-corrected chi connectivity index (χ3v) is 5.69. The molecule has 2 atom stereocenters. The SMILES string of the molecule is CC(C)(C)OC(=O)N1CCC(CC#N)(CNC2CC2c2ccccc2)CC1. The fraction of sp³-hybridized carbons (Fsp3) is 0.636. The Morgan fingerprint density at radius 2 is 1.96 bits per heavy atom. The van der Waals surface area contributed by atoms with Gasteiger partial charge in [-0.2, -0.15) is 5.26 Å². The normalized spacial score (nSPS) is 24.1. The quantitative estimate of drug-likeness (QED) is 0.850. The highest BCUT2D eigenvalue weighted by Crippen LogP contribution is 2.42. The minimum absolute atomic E-state index is 0.0446. The summed E-state index contributed by atoms with van der Waals surface area (Å²) in [5.74, 6) is 0.590. The van der Waals surface area contributed by atoms with E-state index in [1.807, 2.05) is 20.8 Å². The molecule has 3 rings (SSSR count). The monoisotopic (exact) mass is 369 g/mol. The van der Waals surface area contributed by atoms with Gasteiger partial charge in [0.05, 0.1) is 6.07 Å². The number of nitrogens with zero attached hydrogens (tertiary/aromatic N) is 2. The Morgan fingerprint density at radius 3 is 2.56 bits per heavy atom. The smallest absolute Gasteiger partial charge is 0.410 e. The predicted molar refractivity (Wildman–Crippen MR) is 105 cm³/mol. The fourth-order valence-corrected chi connectivity index (χ4v) is 3.91. The number of nitrogens with one attached hydrogen (secondary N) is 1. The predicted octanol–water partition coefficient (Wildman–Crippen LogP) is 4.06. The maximum absolute atomic E-state index is 12.3. The maximum Gasteiger partial charge on any atom is 0.410 e. The van der Waals surface area contributed by atoms with Gasteiger partial charge in [-0.15, -0.1) is 0 Å². The molecule has 1 aliphatic heterocycles. The number of benzene rings is 1. The number of hydrogen-bond acceptors (Lipinski definition) is 4. The Balaban J connectivity index is 1.51. The molecule has 1 aliphatic carbocycles. The molecule has 146 valence electrons. The van der Waals surface area contributed by atoms with Crippen molar-refractivity contribution in [3.05, 3.63) is 35.9 Å². The van der Waals surface area contributed by atoms with Crippen molar-refractivity contribution in [2.45, 2.75) is 64.0 Å². The Bertz CT molecular complexity index is 682. The van der Waals surface area contributed by atoms with Crippen molar-refractivity contribution in [1.29, 1.82) is 5.26 Å². The molecule has 2 fully saturated rings. The van der Waals surface area contributed by atoms with E-state index in [-0.39, 0.29) is 11.5 Å². The van der Waals surface area contributed by atoms with Gasteiger partial charge in [0.25, 0.3) is 0 Å². The van der Waals surface area contributed by atoms with Gasteiger partial charge in [0.1, 0.15) is 5.60 Å². The number of carbonyl (C=O) groups excluding carboxylic acids is 1. The van der Waals surface area contributed by atoms with Gasteiger partial charge in [0, 0.05) is 38.0 Å². The van der Waals surface area contributed by atoms with Crippen molar-refractivity contribution in [3.8, 4) is 6.07 Å². The molecular weight excluding hydrogens is 338 g/mol. The summed E-state index contributed by atoms with van der Waals surface area (Å²) in [6.45, 7) is 7.82. The van der Waals surface area contributed by atoms with Gasteiger partial charge in [-0.05, 0) is 51.0 Å². The van der Waals surface area contributed by atoms with Gasteiger partial charge in [0.2, 0.25) is 0 Å². The minimum atomic E-state index is -0.474. The first-order chi connectivity index (χ1) is 12.8. The highest BCUT2D eigenvalue weighted by Gasteiger charge is 2.42. The lowest BCUT2D eigenvalue weighted by Crippen LogP contribution is -2.48. The number of hydrogen-bond donors (Lipinski definition) is 1. The van der Waals surface area contributed by atoms with E-state index < -0.39 is 5.60 Å². The second-order valence-corrected chi connectivity index (χ2v) is 9.04. The first-order valence-corrected chi connectivity index (χ1v) is 9.95. The van der Waals surface area contributed by atoms with Crippen molar-refractivity contribution in [2.24, 2.45) is 5.41 Å². The van der Waals surface area contributed by atoms with Crippen molar-refractivity contribution in [1.82, 2.24) is 10.2 Å². The van der Waals surface area contributed by atoms with Gasteiger partial charge in [-0.3, -0.25) is 0 Å². The Hall–Kier alpha value is -2.06. The number of amides is 1. The van der Waals surface area contributed by atoms with Crippen LogP contribution >= 0.6 is 0 Å². The summed E-state index contributed by atoms with van der Waals surface area (Å²) in [5, 5.41) is 13.0. The summed E-state index contributed by atoms with van der Waals surface area (Å²) >= 11 is 0. The molecule has 1 amide bonds. The van der Waals surface area contributed by atoms with E-state index in [1.165, 1.54) is 5.56 Å². The van der Waals surface area contributed by atoms with Crippen molar-refractivity contribution >= 4 is 6.09 Å². The van der Waals surface area contributed by atoms with Gasteiger partial charge >= 0.3 is 6.09 Å². The molecular formula is C22H31N3O2. The van der Waals surface area contributed by atoms with Crippen molar-refractivity contribution in [2.75, 3.05) is 19.6 Å². The molecule has 0 bridgehead atoms. The highest BCUT2D eigenvalue weighted by atomic mass is 16.6. The molecule has 1 saturated heterocycles. The average Bonchev–Trinajstić information content (AvgIpc) is 3.40. The van der Waals surface area contributed by atoms with Gasteiger partial charge < -0.3 is 15.0 Å². The molecule has 1 heterocycles. The van der Waals surface area contributed by atoms with Crippen LogP contribution in [0.25, 0.3) is 0 Å². The number of piperidine rings is 1. The number of likely N-dealkylation sites (tertiary alicyclic amines) is 1. The zero-order chi connectivity index (χ0) is 19.5. The van der Waals surface area contributed by atoms with E-state index in [0.717, 1.165) is 25.8 Å². The van der Waals surface area contributed by atoms with E-state index in [4.69, 9.17) is 4.74 Å². The zero-order valence-corrected chi connectivity index (χ0v) is 16.7. The van der Waals surface area contributed by atoms with Crippen LogP contribution in [-0.4, -0.2) is 42.3 Å². The van der Waals surface area contributed by atoms with E-state index in [2.05, 4.69) is 41.7 Å². The largest absolute Gasteiger partial charge is 0.444 e. The molecule has 27 heavy (non-hydrogen) atoms. The van der Waals surface area contributed by atoms with Crippen LogP contribution in [0.5, 0.6) is 0 Å². The first-order valence-electron chi connectivity index (χ1n) is 9.95. The maximum atomic E-state index is 12.3. The highest BCUT2D eigenvalue weighted by molar-refractivity contribution is 5.68. The zero-order valence-electron chi connectivity index (χ0n) is 16.7. The molecule has 2 aliphatic rings. The summed E-state index contributed by atoms with van der Waals surface area (Å²) in [5.41, 5.74) is 0.874. The number of ether oxygens (including phenoxy) is 1. The Labute approximate surface area is 162 Å². The molecule has 0 spiro atoms. The van der Waals surface area contributed by atoms with Crippen LogP contribution < -0.4 is 5.32 Å². The Morgan fingerprint density at radius 1 is 1.30 bits per heavy atom. The van der Waals surface area contributed by atoms with Crippen LogP contribution in [0.3, 0.4) is 0 Å². The summed E-state index contributed by atoms with van der Waals surface area (Å²) < 4.78 is 5.48. The number of nitriles is 1. The topological polar surface area (TPSA) is 65.4 Å². The van der Waals surface area contributed by atoms with Crippen LogP contribution in [0.1, 0.15) is 57.9 Å². The van der Waals surface area contributed by atoms with E-state index in [9.17, 15) is 10.1 Å². The van der Waals surface area contributed by atoms with Crippen LogP contribution in [0.2, 0.25) is 0 Å². The molecule has 0 aromatic heterocycles. The molecule has 5 nitrogen and oxygen atoms in total. The van der Waals surface area contributed by atoms with E-state index in [0.29, 0.717) is 31.5 Å². The van der Waals surface area contributed by atoms with Crippen molar-refractivity contribution in [3.63, 3.8) is 0 Å². The van der Waals surface area contributed by atoms with Crippen LogP contribution in [0.15, 0.2) is 30.3 Å². The third-order valence-electron chi connectivity index (χ3n) is 5.69. The summed E-state index contributed by atoms with van der Waals surface area (Å²) in [4.78, 5) is 14.1. The second-order valence-electron chi connectivity index (χ2n) is 9.04. The minimum Gasteiger partial charge on any atom is -0.444 e. The molecule has 1 aromatic rings. The van der Waals surface area contributed by atoms with Crippen LogP contribution in [0.4, 0.5) is 4.79 Å². The lowest BCUT2D eigenvalue weighted by Gasteiger charge is -2.41. The molecule has 1 aromatic carbocycles. The standard InChI is InChI=1S/C22H31N3O2/c1-21(2,3)27-20(26)25-13-10-22(9-12-23,11-14-25)16-24-19-15-18(19)17-7-5-4-6-8-17/h4-8,18-19,24H,9-11,13-16H2,1-3H3. The number of carbonyl (C=O) groups is 1. The average molecular weight is 370 g/mol. The van der Waals surface area contributed by atoms with Gasteiger partial charge in [-0.25, -0.2) is 4.79 Å². The fourth-order valence-electron chi connectivity index (χ4n) is 3.91. The first kappa shape index (κ1) is 19.7. The molecule has 5 heteroatoms. The summed E-state index contributed by atoms with van der Waals surface area (Å²) in [7, 11) is 0. The van der Waals surface area contributed by atoms with Crippen LogP contribution in [0, 0.1) is 16.7 Å². The Kier molecular flexibility index (Phi) is 5.76. The van der Waals surface area contributed by atoms with Gasteiger partial charge in [0.15, 0.2) is 0 Å². The molecule has 0 radical (unpaired) electrons. The van der Waals surface area contributed by atoms with Crippen molar-refractivity contribution < 1.29 is 9.53 Å². The van der Waals surface area contributed by atoms with Crippen LogP contribution in [-0.2, 0) is 4.74 Å². The lowest BCUT2D eigenvalue weighted by molar-refractivity contribution is 0.0104. The lowest BCUT2D eigenvalue weighted by atomic mass is 9.76. The van der Waals surface area contributed by atoms with E-state index >= 15 is 0 Å². The second kappa shape index (κ2) is 7.90. The summed E-state index contributed by atoms with van der Waals surface area (Å²) in [6, 6.07) is 13.5. The summed E-state index contributed by atoms with van der Waals surface area (Å²) in [6.07, 6.45) is 3.14. The molecule has 2 unspecified atom stereocenters. The molecule has 1 N–H and O–H groups in total. The molecule has 1 saturated carbocycles.